The van der Waals surface area contributed by atoms with E-state index in [2.05, 4.69) is 10.3 Å². The normalized spacial score (nSPS) is 21.1. The average molecular weight is 667 g/mol. The van der Waals surface area contributed by atoms with Gasteiger partial charge in [-0.15, -0.1) is 0 Å². The average Bonchev–Trinajstić information content (AvgIpc) is 3.37. The number of nitrogens with one attached hydrogen (secondary N) is 1. The summed E-state index contributed by atoms with van der Waals surface area (Å²) >= 11 is 12.4. The Morgan fingerprint density at radius 1 is 0.867 bits per heavy atom. The molecule has 1 N–H and O–H groups in total. The monoisotopic (exact) mass is 666 g/mol. The minimum Gasteiger partial charge on any atom is -0.463 e. The lowest BCUT2D eigenvalue weighted by atomic mass is 9.98. The molecule has 0 unspecified atom stereocenters. The zero-order valence-corrected chi connectivity index (χ0v) is 25.9. The number of oxazole rings is 1. The van der Waals surface area contributed by atoms with Crippen LogP contribution in [0.3, 0.4) is 0 Å². The molecule has 3 aromatic rings. The second-order valence-electron chi connectivity index (χ2n) is 9.73. The summed E-state index contributed by atoms with van der Waals surface area (Å²) in [5.74, 6) is -3.48. The number of aromatic nitrogens is 1. The number of carbonyl (C=O) groups is 5. The highest BCUT2D eigenvalue weighted by Gasteiger charge is 2.52. The number of fused-ring (bicyclic) bond motifs is 1. The summed E-state index contributed by atoms with van der Waals surface area (Å²) in [6.45, 7) is 3.36. The fourth-order valence-electron chi connectivity index (χ4n) is 4.47. The zero-order valence-electron chi connectivity index (χ0n) is 24.4. The number of anilines is 1. The summed E-state index contributed by atoms with van der Waals surface area (Å²) in [6, 6.07) is 9.77. The quantitative estimate of drug-likeness (QED) is 0.244. The number of rotatable bonds is 10. The molecule has 1 saturated heterocycles. The molecule has 0 saturated carbocycles. The van der Waals surface area contributed by atoms with Crippen LogP contribution in [0.2, 0.25) is 10.0 Å². The minimum atomic E-state index is -1.51. The van der Waals surface area contributed by atoms with E-state index in [0.717, 1.165) is 27.7 Å². The summed E-state index contributed by atoms with van der Waals surface area (Å²) in [7, 11) is 0. The zero-order chi connectivity index (χ0) is 32.8. The van der Waals surface area contributed by atoms with Gasteiger partial charge >= 0.3 is 23.9 Å². The van der Waals surface area contributed by atoms with Crippen molar-refractivity contribution in [1.82, 2.24) is 4.98 Å². The number of esters is 4. The number of hydrogen-bond acceptors (Lipinski definition) is 13. The van der Waals surface area contributed by atoms with Gasteiger partial charge in [-0.2, -0.15) is 0 Å². The van der Waals surface area contributed by atoms with Crippen molar-refractivity contribution < 1.29 is 56.8 Å². The smallest absolute Gasteiger partial charge is 0.303 e. The molecule has 4 rings (SSSR count). The number of carbonyl (C=O) groups excluding carboxylic acids is 5. The van der Waals surface area contributed by atoms with Crippen LogP contribution in [0.25, 0.3) is 22.6 Å². The van der Waals surface area contributed by atoms with E-state index in [1.54, 1.807) is 36.4 Å². The van der Waals surface area contributed by atoms with Crippen LogP contribution in [0.15, 0.2) is 40.8 Å². The van der Waals surface area contributed by atoms with Gasteiger partial charge in [0.15, 0.2) is 30.2 Å². The lowest BCUT2D eigenvalue weighted by Gasteiger charge is -2.43. The van der Waals surface area contributed by atoms with E-state index in [1.807, 2.05) is 0 Å². The molecular formula is C29H28Cl2N2O12. The third-order valence-electron chi connectivity index (χ3n) is 6.18. The van der Waals surface area contributed by atoms with Crippen LogP contribution in [-0.2, 0) is 52.4 Å². The molecule has 0 aliphatic carbocycles. The molecule has 0 spiro atoms. The molecule has 2 heterocycles. The number of ether oxygens (including phenoxy) is 6. The summed E-state index contributed by atoms with van der Waals surface area (Å²) in [5, 5.41) is 3.26. The Morgan fingerprint density at radius 2 is 1.53 bits per heavy atom. The molecule has 14 nitrogen and oxygen atoms in total. The van der Waals surface area contributed by atoms with Crippen molar-refractivity contribution >= 4 is 69.8 Å². The maximum Gasteiger partial charge on any atom is 0.303 e. The maximum atomic E-state index is 12.9. The number of benzene rings is 2. The molecule has 1 fully saturated rings. The molecule has 16 heteroatoms. The van der Waals surface area contributed by atoms with Crippen LogP contribution in [0, 0.1) is 0 Å². The first-order valence-electron chi connectivity index (χ1n) is 13.4. The molecule has 2 aromatic carbocycles. The van der Waals surface area contributed by atoms with Gasteiger partial charge in [0, 0.05) is 33.4 Å². The molecular weight excluding hydrogens is 639 g/mol. The lowest BCUT2D eigenvalue weighted by molar-refractivity contribution is -0.306. The Labute approximate surface area is 266 Å². The first-order valence-corrected chi connectivity index (χ1v) is 14.1. The van der Waals surface area contributed by atoms with Crippen LogP contribution >= 0.6 is 23.2 Å². The van der Waals surface area contributed by atoms with Crippen LogP contribution in [0.1, 0.15) is 27.7 Å². The second kappa shape index (κ2) is 14.7. The van der Waals surface area contributed by atoms with Crippen molar-refractivity contribution in [3.05, 3.63) is 46.4 Å². The van der Waals surface area contributed by atoms with E-state index in [4.69, 9.17) is 56.0 Å². The van der Waals surface area contributed by atoms with Crippen molar-refractivity contribution in [2.24, 2.45) is 0 Å². The molecule has 0 bridgehead atoms. The van der Waals surface area contributed by atoms with Gasteiger partial charge in [0.1, 0.15) is 24.8 Å². The first kappa shape index (κ1) is 33.6. The fourth-order valence-corrected chi connectivity index (χ4v) is 4.85. The van der Waals surface area contributed by atoms with E-state index >= 15 is 0 Å². The van der Waals surface area contributed by atoms with Crippen molar-refractivity contribution in [3.63, 3.8) is 0 Å². The standard InChI is InChI=1S/C29H28Cl2N2O12/c1-13(34)39-11-22-25(41-14(2)35)26(42-15(3)36)27(43-16(4)37)29(45-22)40-12-23(38)32-17-8-9-21-20(10-17)33-28(44-21)18-6-5-7-19(30)24(18)31/h5-10,22,25-27,29H,11-12H2,1-4H3,(H,32,38)/t22-,25-,26+,27-,29-/m1/s1. The van der Waals surface area contributed by atoms with Crippen molar-refractivity contribution in [3.8, 4) is 11.5 Å². The van der Waals surface area contributed by atoms with E-state index in [0.29, 0.717) is 27.4 Å². The number of halogens is 2. The predicted octanol–water partition coefficient (Wildman–Crippen LogP) is 3.84. The molecule has 1 aliphatic rings. The highest BCUT2D eigenvalue weighted by atomic mass is 35.5. The summed E-state index contributed by atoms with van der Waals surface area (Å²) < 4.78 is 38.3. The van der Waals surface area contributed by atoms with Gasteiger partial charge < -0.3 is 38.2 Å². The molecule has 1 aliphatic heterocycles. The second-order valence-corrected chi connectivity index (χ2v) is 10.5. The number of nitrogens with zero attached hydrogens (tertiary/aromatic N) is 1. The van der Waals surface area contributed by atoms with Crippen molar-refractivity contribution in [2.45, 2.75) is 58.4 Å². The summed E-state index contributed by atoms with van der Waals surface area (Å²) in [6.07, 6.45) is -7.00. The van der Waals surface area contributed by atoms with Crippen molar-refractivity contribution in [1.29, 1.82) is 0 Å². The third kappa shape index (κ3) is 8.69. The maximum absolute atomic E-state index is 12.9. The Balaban J connectivity index is 1.51. The Bertz CT molecular complexity index is 1610. The van der Waals surface area contributed by atoms with Gasteiger partial charge in [-0.05, 0) is 30.3 Å². The first-order chi connectivity index (χ1) is 21.3. The van der Waals surface area contributed by atoms with E-state index in [1.165, 1.54) is 0 Å². The molecule has 240 valence electrons. The van der Waals surface area contributed by atoms with Gasteiger partial charge in [0.25, 0.3) is 0 Å². The summed E-state index contributed by atoms with van der Waals surface area (Å²) in [4.78, 5) is 64.6. The van der Waals surface area contributed by atoms with Gasteiger partial charge in [-0.3, -0.25) is 24.0 Å². The molecule has 45 heavy (non-hydrogen) atoms. The molecule has 5 atom stereocenters. The topological polar surface area (TPSA) is 179 Å². The van der Waals surface area contributed by atoms with E-state index < -0.39 is 73.7 Å². The van der Waals surface area contributed by atoms with Crippen LogP contribution in [0.5, 0.6) is 0 Å². The van der Waals surface area contributed by atoms with E-state index in [-0.39, 0.29) is 10.9 Å². The minimum absolute atomic E-state index is 0.230. The third-order valence-corrected chi connectivity index (χ3v) is 7.00. The lowest BCUT2D eigenvalue weighted by Crippen LogP contribution is -2.63. The van der Waals surface area contributed by atoms with Gasteiger partial charge in [0.2, 0.25) is 11.8 Å². The van der Waals surface area contributed by atoms with Crippen LogP contribution < -0.4 is 5.32 Å². The number of amides is 1. The van der Waals surface area contributed by atoms with Gasteiger partial charge in [-0.25, -0.2) is 4.98 Å². The van der Waals surface area contributed by atoms with E-state index in [9.17, 15) is 24.0 Å². The summed E-state index contributed by atoms with van der Waals surface area (Å²) in [5.41, 5.74) is 1.67. The fraction of sp³-hybridized carbons (Fsp3) is 0.379. The Kier molecular flexibility index (Phi) is 11.0. The largest absolute Gasteiger partial charge is 0.463 e. The van der Waals surface area contributed by atoms with Crippen LogP contribution in [-0.4, -0.2) is 78.7 Å². The SMILES string of the molecule is CC(=O)OC[C@H]1O[C@@H](OCC(=O)Nc2ccc3oc(-c4cccc(Cl)c4Cl)nc3c2)[C@H](OC(C)=O)[C@@H](OC(C)=O)[C@@H]1OC(C)=O. The molecule has 1 aromatic heterocycles. The van der Waals surface area contributed by atoms with Gasteiger partial charge in [0.05, 0.1) is 15.6 Å². The Morgan fingerprint density at radius 3 is 2.20 bits per heavy atom. The number of hydrogen-bond donors (Lipinski definition) is 1. The molecule has 0 radical (unpaired) electrons. The molecule has 1 amide bonds. The Hall–Kier alpha value is -4.24. The highest BCUT2D eigenvalue weighted by molar-refractivity contribution is 6.43. The highest BCUT2D eigenvalue weighted by Crippen LogP contribution is 2.35. The predicted molar refractivity (Wildman–Crippen MR) is 156 cm³/mol. The van der Waals surface area contributed by atoms with Gasteiger partial charge in [-0.1, -0.05) is 29.3 Å². The van der Waals surface area contributed by atoms with Crippen molar-refractivity contribution in [2.75, 3.05) is 18.5 Å². The van der Waals surface area contributed by atoms with Crippen LogP contribution in [0.4, 0.5) is 5.69 Å².